The number of primary amides is 1. The van der Waals surface area contributed by atoms with Crippen LogP contribution < -0.4 is 27.4 Å². The summed E-state index contributed by atoms with van der Waals surface area (Å²) in [6, 6.07) is 21.0. The molecule has 9 heteroatoms. The fourth-order valence-electron chi connectivity index (χ4n) is 6.19. The van der Waals surface area contributed by atoms with Crippen molar-refractivity contribution in [2.24, 2.45) is 17.4 Å². The molecular formula is C37H45N7O2. The largest absolute Gasteiger partial charge is 0.399 e. The fourth-order valence-corrected chi connectivity index (χ4v) is 6.19. The van der Waals surface area contributed by atoms with E-state index in [0.29, 0.717) is 49.4 Å². The molecule has 3 aromatic rings. The molecule has 0 heterocycles. The molecular weight excluding hydrogens is 574 g/mol. The first-order valence-electron chi connectivity index (χ1n) is 15.8. The van der Waals surface area contributed by atoms with Crippen molar-refractivity contribution in [3.63, 3.8) is 0 Å². The Morgan fingerprint density at radius 3 is 2.20 bits per heavy atom. The SMILES string of the molecule is C=C(N)c1ccc2c(c1)CCc1cc(C(N)=O)ccc1C2(CCNCC(=O)NC(C#N)C[C@@H](C)CC)C(=N)Nc1ccc(C)cc1. The van der Waals surface area contributed by atoms with Gasteiger partial charge in [-0.05, 0) is 103 Å². The monoisotopic (exact) mass is 619 g/mol. The minimum atomic E-state index is -0.980. The van der Waals surface area contributed by atoms with Crippen LogP contribution in [0.1, 0.15) is 76.8 Å². The number of hydrogen-bond donors (Lipinski definition) is 6. The second-order valence-electron chi connectivity index (χ2n) is 12.3. The van der Waals surface area contributed by atoms with Gasteiger partial charge in [0.2, 0.25) is 11.8 Å². The molecule has 4 rings (SSSR count). The van der Waals surface area contributed by atoms with Crippen LogP contribution in [0, 0.1) is 29.6 Å². The Balaban J connectivity index is 1.74. The minimum absolute atomic E-state index is 0.0275. The van der Waals surface area contributed by atoms with E-state index in [1.54, 1.807) is 6.07 Å². The predicted molar refractivity (Wildman–Crippen MR) is 184 cm³/mol. The molecule has 46 heavy (non-hydrogen) atoms. The number of aryl methyl sites for hydroxylation is 3. The van der Waals surface area contributed by atoms with E-state index in [1.807, 2.05) is 61.5 Å². The number of amidine groups is 1. The molecule has 0 aliphatic heterocycles. The van der Waals surface area contributed by atoms with Crippen molar-refractivity contribution in [2.75, 3.05) is 18.4 Å². The summed E-state index contributed by atoms with van der Waals surface area (Å²) in [7, 11) is 0. The normalized spacial score (nSPS) is 16.5. The summed E-state index contributed by atoms with van der Waals surface area (Å²) in [5.74, 6) is -0.180. The van der Waals surface area contributed by atoms with E-state index in [0.717, 1.165) is 45.5 Å². The van der Waals surface area contributed by atoms with Crippen LogP contribution in [0.2, 0.25) is 0 Å². The number of amides is 2. The van der Waals surface area contributed by atoms with Crippen LogP contribution in [0.3, 0.4) is 0 Å². The maximum absolute atomic E-state index is 12.8. The van der Waals surface area contributed by atoms with Gasteiger partial charge in [0.15, 0.2) is 0 Å². The van der Waals surface area contributed by atoms with Crippen molar-refractivity contribution in [2.45, 2.75) is 64.3 Å². The third kappa shape index (κ3) is 7.64. The highest BCUT2D eigenvalue weighted by Crippen LogP contribution is 2.44. The van der Waals surface area contributed by atoms with Crippen molar-refractivity contribution in [1.29, 1.82) is 10.7 Å². The van der Waals surface area contributed by atoms with Gasteiger partial charge < -0.3 is 27.4 Å². The first-order chi connectivity index (χ1) is 22.0. The van der Waals surface area contributed by atoms with Gasteiger partial charge in [-0.1, -0.05) is 62.7 Å². The van der Waals surface area contributed by atoms with Gasteiger partial charge in [-0.25, -0.2) is 0 Å². The van der Waals surface area contributed by atoms with Gasteiger partial charge in [0, 0.05) is 16.9 Å². The van der Waals surface area contributed by atoms with Gasteiger partial charge in [0.1, 0.15) is 11.9 Å². The van der Waals surface area contributed by atoms with Gasteiger partial charge >= 0.3 is 0 Å². The van der Waals surface area contributed by atoms with Crippen LogP contribution in [0.4, 0.5) is 5.69 Å². The Morgan fingerprint density at radius 2 is 1.63 bits per heavy atom. The average Bonchev–Trinajstić information content (AvgIpc) is 3.18. The van der Waals surface area contributed by atoms with Crippen molar-refractivity contribution in [1.82, 2.24) is 10.6 Å². The molecule has 0 fully saturated rings. The zero-order chi connectivity index (χ0) is 33.4. The molecule has 2 unspecified atom stereocenters. The third-order valence-corrected chi connectivity index (χ3v) is 8.99. The van der Waals surface area contributed by atoms with E-state index in [-0.39, 0.29) is 18.3 Å². The summed E-state index contributed by atoms with van der Waals surface area (Å²) in [5, 5.41) is 28.7. The lowest BCUT2D eigenvalue weighted by atomic mass is 9.68. The van der Waals surface area contributed by atoms with Crippen LogP contribution in [0.15, 0.2) is 67.2 Å². The molecule has 3 aromatic carbocycles. The predicted octanol–water partition coefficient (Wildman–Crippen LogP) is 4.92. The molecule has 1 aliphatic carbocycles. The molecule has 3 atom stereocenters. The lowest BCUT2D eigenvalue weighted by molar-refractivity contribution is -0.120. The summed E-state index contributed by atoms with van der Waals surface area (Å²) in [5.41, 5.74) is 18.2. The lowest BCUT2D eigenvalue weighted by Gasteiger charge is -2.38. The molecule has 0 bridgehead atoms. The van der Waals surface area contributed by atoms with Gasteiger partial charge in [0.05, 0.1) is 18.0 Å². The smallest absolute Gasteiger partial charge is 0.248 e. The summed E-state index contributed by atoms with van der Waals surface area (Å²) in [6.07, 6.45) is 3.24. The van der Waals surface area contributed by atoms with E-state index in [4.69, 9.17) is 11.5 Å². The van der Waals surface area contributed by atoms with Crippen LogP contribution >= 0.6 is 0 Å². The number of rotatable bonds is 13. The lowest BCUT2D eigenvalue weighted by Crippen LogP contribution is -2.45. The number of nitrogens with two attached hydrogens (primary N) is 2. The van der Waals surface area contributed by atoms with Crippen LogP contribution in [0.25, 0.3) is 5.70 Å². The number of hydrogen-bond acceptors (Lipinski definition) is 6. The van der Waals surface area contributed by atoms with E-state index < -0.39 is 17.4 Å². The zero-order valence-electron chi connectivity index (χ0n) is 27.0. The van der Waals surface area contributed by atoms with Gasteiger partial charge in [-0.3, -0.25) is 15.0 Å². The highest BCUT2D eigenvalue weighted by Gasteiger charge is 2.43. The van der Waals surface area contributed by atoms with Gasteiger partial charge in [-0.15, -0.1) is 0 Å². The quantitative estimate of drug-likeness (QED) is 0.0901. The number of fused-ring (bicyclic) bond motifs is 2. The molecule has 8 N–H and O–H groups in total. The number of nitrogens with one attached hydrogen (secondary N) is 4. The van der Waals surface area contributed by atoms with Crippen molar-refractivity contribution < 1.29 is 9.59 Å². The zero-order valence-corrected chi connectivity index (χ0v) is 27.0. The molecule has 0 saturated carbocycles. The average molecular weight is 620 g/mol. The highest BCUT2D eigenvalue weighted by atomic mass is 16.2. The Kier molecular flexibility index (Phi) is 11.0. The maximum Gasteiger partial charge on any atom is 0.248 e. The van der Waals surface area contributed by atoms with Crippen molar-refractivity contribution >= 4 is 29.0 Å². The fraction of sp³-hybridized carbons (Fsp3) is 0.351. The number of carbonyl (C=O) groups is 2. The Labute approximate surface area is 272 Å². The molecule has 0 spiro atoms. The summed E-state index contributed by atoms with van der Waals surface area (Å²) < 4.78 is 0. The summed E-state index contributed by atoms with van der Waals surface area (Å²) >= 11 is 0. The Morgan fingerprint density at radius 1 is 1.02 bits per heavy atom. The molecule has 1 aliphatic rings. The van der Waals surface area contributed by atoms with Gasteiger partial charge in [0.25, 0.3) is 0 Å². The molecule has 2 amide bonds. The van der Waals surface area contributed by atoms with E-state index in [2.05, 4.69) is 42.4 Å². The second kappa shape index (κ2) is 14.9. The number of anilines is 1. The first kappa shape index (κ1) is 33.9. The topological polar surface area (TPSA) is 170 Å². The molecule has 9 nitrogen and oxygen atoms in total. The highest BCUT2D eigenvalue weighted by molar-refractivity contribution is 6.05. The molecule has 240 valence electrons. The molecule has 0 aromatic heterocycles. The summed E-state index contributed by atoms with van der Waals surface area (Å²) in [6.45, 7) is 10.5. The molecule has 0 saturated heterocycles. The number of carbonyl (C=O) groups excluding carboxylic acids is 2. The third-order valence-electron chi connectivity index (χ3n) is 8.99. The Bertz CT molecular complexity index is 1590. The first-order valence-corrected chi connectivity index (χ1v) is 15.8. The second-order valence-corrected chi connectivity index (χ2v) is 12.3. The van der Waals surface area contributed by atoms with Crippen molar-refractivity contribution in [3.8, 4) is 6.07 Å². The molecule has 0 radical (unpaired) electrons. The van der Waals surface area contributed by atoms with Gasteiger partial charge in [-0.2, -0.15) is 5.26 Å². The van der Waals surface area contributed by atoms with E-state index >= 15 is 0 Å². The van der Waals surface area contributed by atoms with Crippen LogP contribution in [-0.4, -0.2) is 36.8 Å². The van der Waals surface area contributed by atoms with Crippen LogP contribution in [-0.2, 0) is 23.1 Å². The number of benzene rings is 3. The maximum atomic E-state index is 12.8. The van der Waals surface area contributed by atoms with E-state index in [1.165, 1.54) is 0 Å². The Hall–Kier alpha value is -4.94. The number of nitrogens with zero attached hydrogens (tertiary/aromatic N) is 1. The summed E-state index contributed by atoms with van der Waals surface area (Å²) in [4.78, 5) is 25.0. The standard InChI is InChI=1S/C37H45N7O2/c1-5-23(2)18-31(21-38)43-34(45)22-42-17-16-37(36(41)44-30-12-6-24(3)7-13-30)32-14-10-26(25(4)39)19-27(32)8-9-28-20-29(35(40)46)11-15-33(28)37/h6-7,10-15,19-20,23,31,42H,4-5,8-9,16-18,22,39H2,1-3H3,(H2,40,46)(H2,41,44)(H,43,45)/t23-,31?,37?/m0/s1. The van der Waals surface area contributed by atoms with E-state index in [9.17, 15) is 20.3 Å². The van der Waals surface area contributed by atoms with Crippen LogP contribution in [0.5, 0.6) is 0 Å². The van der Waals surface area contributed by atoms with Crippen molar-refractivity contribution in [3.05, 3.63) is 106 Å². The number of nitriles is 1. The minimum Gasteiger partial charge on any atom is -0.399 e.